The van der Waals surface area contributed by atoms with Crippen LogP contribution in [0.3, 0.4) is 0 Å². The highest BCUT2D eigenvalue weighted by molar-refractivity contribution is 7.91. The lowest BCUT2D eigenvalue weighted by atomic mass is 10.2. The number of hydrogen-bond donors (Lipinski definition) is 1. The van der Waals surface area contributed by atoms with Gasteiger partial charge in [0.1, 0.15) is 6.54 Å². The maximum absolute atomic E-state index is 12.6. The molecular formula is C14H15F3N2O6S. The fraction of sp³-hybridized carbons (Fsp3) is 0.500. The summed E-state index contributed by atoms with van der Waals surface area (Å²) in [5.74, 6) is -2.07. The minimum Gasteiger partial charge on any atom is -0.454 e. The molecule has 0 spiro atoms. The number of halogens is 3. The molecule has 0 saturated carbocycles. The zero-order chi connectivity index (χ0) is 19.5. The average Bonchev–Trinajstić information content (AvgIpc) is 2.85. The van der Waals surface area contributed by atoms with E-state index in [0.717, 1.165) is 0 Å². The van der Waals surface area contributed by atoms with Crippen molar-refractivity contribution in [1.29, 1.82) is 0 Å². The van der Waals surface area contributed by atoms with Crippen molar-refractivity contribution in [3.63, 3.8) is 0 Å². The van der Waals surface area contributed by atoms with Crippen LogP contribution in [0, 0.1) is 0 Å². The van der Waals surface area contributed by atoms with Crippen LogP contribution in [-0.4, -0.2) is 49.0 Å². The monoisotopic (exact) mass is 396 g/mol. The van der Waals surface area contributed by atoms with Crippen molar-refractivity contribution in [1.82, 2.24) is 9.88 Å². The van der Waals surface area contributed by atoms with Gasteiger partial charge in [0.2, 0.25) is 0 Å². The van der Waals surface area contributed by atoms with Gasteiger partial charge in [-0.15, -0.1) is 0 Å². The molecule has 1 saturated heterocycles. The van der Waals surface area contributed by atoms with Crippen molar-refractivity contribution in [2.24, 2.45) is 0 Å². The molecule has 8 nitrogen and oxygen atoms in total. The van der Waals surface area contributed by atoms with Gasteiger partial charge in [-0.3, -0.25) is 14.4 Å². The molecular weight excluding hydrogens is 381 g/mol. The van der Waals surface area contributed by atoms with Crippen LogP contribution in [0.15, 0.2) is 23.1 Å². The number of aromatic nitrogens is 1. The number of pyridine rings is 1. The van der Waals surface area contributed by atoms with Crippen LogP contribution >= 0.6 is 0 Å². The second kappa shape index (κ2) is 7.48. The highest BCUT2D eigenvalue weighted by Gasteiger charge is 2.31. The van der Waals surface area contributed by atoms with E-state index in [1.807, 2.05) is 0 Å². The maximum atomic E-state index is 12.6. The second-order valence-corrected chi connectivity index (χ2v) is 7.94. The van der Waals surface area contributed by atoms with E-state index in [0.29, 0.717) is 22.9 Å². The van der Waals surface area contributed by atoms with Crippen molar-refractivity contribution >= 4 is 21.7 Å². The summed E-state index contributed by atoms with van der Waals surface area (Å²) in [6, 6.07) is 0.689. The lowest BCUT2D eigenvalue weighted by Crippen LogP contribution is -2.38. The molecule has 2 heterocycles. The number of rotatable bonds is 5. The molecule has 0 aromatic carbocycles. The van der Waals surface area contributed by atoms with Gasteiger partial charge in [0.25, 0.3) is 11.5 Å². The molecule has 1 aliphatic rings. The Bertz CT molecular complexity index is 862. The number of nitrogens with zero attached hydrogens (tertiary/aromatic N) is 1. The van der Waals surface area contributed by atoms with E-state index >= 15 is 0 Å². The van der Waals surface area contributed by atoms with E-state index in [4.69, 9.17) is 0 Å². The van der Waals surface area contributed by atoms with Gasteiger partial charge in [-0.2, -0.15) is 13.2 Å². The van der Waals surface area contributed by atoms with Gasteiger partial charge in [0, 0.05) is 18.3 Å². The Morgan fingerprint density at radius 1 is 1.31 bits per heavy atom. The molecule has 0 radical (unpaired) electrons. The number of alkyl halides is 3. The summed E-state index contributed by atoms with van der Waals surface area (Å²) in [6.07, 6.45) is -3.95. The van der Waals surface area contributed by atoms with Gasteiger partial charge < -0.3 is 14.6 Å². The zero-order valence-electron chi connectivity index (χ0n) is 13.3. The highest BCUT2D eigenvalue weighted by atomic mass is 32.2. The fourth-order valence-corrected chi connectivity index (χ4v) is 4.00. The SMILES string of the molecule is O=C(COC(=O)Cn1cc(C(F)(F)F)ccc1=O)N[C@H]1CCS(=O)(=O)C1. The molecule has 0 bridgehead atoms. The summed E-state index contributed by atoms with van der Waals surface area (Å²) >= 11 is 0. The molecule has 1 aliphatic heterocycles. The minimum absolute atomic E-state index is 0.0454. The Morgan fingerprint density at radius 3 is 2.58 bits per heavy atom. The van der Waals surface area contributed by atoms with Crippen LogP contribution in [0.2, 0.25) is 0 Å². The fourth-order valence-electron chi connectivity index (χ4n) is 2.33. The quantitative estimate of drug-likeness (QED) is 0.685. The van der Waals surface area contributed by atoms with Gasteiger partial charge in [-0.1, -0.05) is 0 Å². The van der Waals surface area contributed by atoms with E-state index in [-0.39, 0.29) is 17.9 Å². The van der Waals surface area contributed by atoms with Crippen molar-refractivity contribution in [3.05, 3.63) is 34.2 Å². The maximum Gasteiger partial charge on any atom is 0.417 e. The number of carbonyl (C=O) groups is 2. The van der Waals surface area contributed by atoms with Gasteiger partial charge in [0.15, 0.2) is 16.4 Å². The first-order valence-electron chi connectivity index (χ1n) is 7.39. The first-order valence-corrected chi connectivity index (χ1v) is 9.21. The summed E-state index contributed by atoms with van der Waals surface area (Å²) in [4.78, 5) is 34.8. The van der Waals surface area contributed by atoms with Gasteiger partial charge in [-0.25, -0.2) is 8.42 Å². The molecule has 1 aromatic heterocycles. The zero-order valence-corrected chi connectivity index (χ0v) is 14.1. The second-order valence-electron chi connectivity index (χ2n) is 5.71. The third-order valence-corrected chi connectivity index (χ3v) is 5.34. The van der Waals surface area contributed by atoms with Crippen molar-refractivity contribution in [2.75, 3.05) is 18.1 Å². The van der Waals surface area contributed by atoms with E-state index in [1.54, 1.807) is 0 Å². The number of carbonyl (C=O) groups excluding carboxylic acids is 2. The van der Waals surface area contributed by atoms with E-state index in [1.165, 1.54) is 0 Å². The van der Waals surface area contributed by atoms with E-state index < -0.39 is 58.2 Å². The molecule has 12 heteroatoms. The topological polar surface area (TPSA) is 112 Å². The van der Waals surface area contributed by atoms with Crippen LogP contribution < -0.4 is 10.9 Å². The first-order chi connectivity index (χ1) is 12.0. The Kier molecular flexibility index (Phi) is 5.74. The van der Waals surface area contributed by atoms with Crippen molar-refractivity contribution in [3.8, 4) is 0 Å². The summed E-state index contributed by atoms with van der Waals surface area (Å²) in [5, 5.41) is 2.38. The molecule has 1 amide bonds. The van der Waals surface area contributed by atoms with Crippen LogP contribution in [0.4, 0.5) is 13.2 Å². The number of sulfone groups is 1. The molecule has 0 unspecified atom stereocenters. The first kappa shape index (κ1) is 19.9. The van der Waals surface area contributed by atoms with Crippen LogP contribution in [0.5, 0.6) is 0 Å². The Morgan fingerprint density at radius 2 is 2.00 bits per heavy atom. The van der Waals surface area contributed by atoms with E-state index in [2.05, 4.69) is 10.1 Å². The third-order valence-electron chi connectivity index (χ3n) is 3.57. The van der Waals surface area contributed by atoms with Gasteiger partial charge in [0.05, 0.1) is 17.1 Å². The predicted molar refractivity (Wildman–Crippen MR) is 81.9 cm³/mol. The minimum atomic E-state index is -4.68. The number of amides is 1. The van der Waals surface area contributed by atoms with E-state index in [9.17, 15) is 36.0 Å². The number of ether oxygens (including phenoxy) is 1. The Labute approximate surface area is 145 Å². The lowest BCUT2D eigenvalue weighted by molar-refractivity contribution is -0.149. The molecule has 26 heavy (non-hydrogen) atoms. The largest absolute Gasteiger partial charge is 0.454 e. The summed E-state index contributed by atoms with van der Waals surface area (Å²) < 4.78 is 65.5. The molecule has 1 fully saturated rings. The van der Waals surface area contributed by atoms with Crippen molar-refractivity contribution < 1.29 is 35.9 Å². The highest BCUT2D eigenvalue weighted by Crippen LogP contribution is 2.27. The number of hydrogen-bond acceptors (Lipinski definition) is 6. The molecule has 144 valence electrons. The smallest absolute Gasteiger partial charge is 0.417 e. The van der Waals surface area contributed by atoms with Crippen molar-refractivity contribution in [2.45, 2.75) is 25.2 Å². The predicted octanol–water partition coefficient (Wildman–Crippen LogP) is -0.286. The number of esters is 1. The standard InChI is InChI=1S/C14H15F3N2O6S/c15-14(16,17)9-1-2-12(21)19(5-9)6-13(22)25-7-11(20)18-10-3-4-26(23,24)8-10/h1-2,5,10H,3-4,6-8H2,(H,18,20)/t10-/m0/s1. The van der Waals surface area contributed by atoms with Crippen LogP contribution in [0.1, 0.15) is 12.0 Å². The molecule has 1 aromatic rings. The average molecular weight is 396 g/mol. The summed E-state index contributed by atoms with van der Waals surface area (Å²) in [7, 11) is -3.19. The molecule has 2 rings (SSSR count). The summed E-state index contributed by atoms with van der Waals surface area (Å²) in [6.45, 7) is -1.53. The summed E-state index contributed by atoms with van der Waals surface area (Å²) in [5.41, 5.74) is -1.94. The van der Waals surface area contributed by atoms with Crippen LogP contribution in [-0.2, 0) is 36.9 Å². The molecule has 1 N–H and O–H groups in total. The molecule has 1 atom stereocenters. The number of nitrogens with one attached hydrogen (secondary N) is 1. The molecule has 0 aliphatic carbocycles. The lowest BCUT2D eigenvalue weighted by Gasteiger charge is -2.12. The normalized spacial score (nSPS) is 19.1. The van der Waals surface area contributed by atoms with Gasteiger partial charge in [-0.05, 0) is 12.5 Å². The Balaban J connectivity index is 1.87. The van der Waals surface area contributed by atoms with Crippen LogP contribution in [0.25, 0.3) is 0 Å². The van der Waals surface area contributed by atoms with Gasteiger partial charge >= 0.3 is 12.1 Å². The third kappa shape index (κ3) is 5.58. The Hall–Kier alpha value is -2.37.